The first-order valence-corrected chi connectivity index (χ1v) is 7.09. The second kappa shape index (κ2) is 5.21. The van der Waals surface area contributed by atoms with Gasteiger partial charge in [-0.2, -0.15) is 0 Å². The molecule has 1 aliphatic heterocycles. The molecule has 3 rings (SSSR count). The van der Waals surface area contributed by atoms with Crippen molar-refractivity contribution >= 4 is 11.6 Å². The Bertz CT molecular complexity index is 482. The number of nitrogens with one attached hydrogen (secondary N) is 2. The van der Waals surface area contributed by atoms with Gasteiger partial charge in [0.1, 0.15) is 0 Å². The Morgan fingerprint density at radius 3 is 3.11 bits per heavy atom. The van der Waals surface area contributed by atoms with Gasteiger partial charge in [-0.15, -0.1) is 0 Å². The first kappa shape index (κ1) is 12.5. The van der Waals surface area contributed by atoms with Crippen LogP contribution in [0.15, 0.2) is 18.2 Å². The molecule has 1 saturated carbocycles. The molecule has 102 valence electrons. The van der Waals surface area contributed by atoms with Gasteiger partial charge in [-0.3, -0.25) is 4.79 Å². The predicted molar refractivity (Wildman–Crippen MR) is 76.6 cm³/mol. The summed E-state index contributed by atoms with van der Waals surface area (Å²) in [5.74, 6) is 0.0284. The average molecular weight is 259 g/mol. The third-order valence-electron chi connectivity index (χ3n) is 4.00. The molecule has 1 aromatic carbocycles. The summed E-state index contributed by atoms with van der Waals surface area (Å²) in [6.07, 6.45) is 3.67. The maximum atomic E-state index is 12.1. The van der Waals surface area contributed by atoms with Crippen LogP contribution in [0.5, 0.6) is 0 Å². The van der Waals surface area contributed by atoms with Crippen LogP contribution in [0.3, 0.4) is 0 Å². The van der Waals surface area contributed by atoms with E-state index in [0.717, 1.165) is 43.3 Å². The van der Waals surface area contributed by atoms with Gasteiger partial charge in [0, 0.05) is 36.9 Å². The summed E-state index contributed by atoms with van der Waals surface area (Å²) in [4.78, 5) is 14.4. The fourth-order valence-corrected chi connectivity index (χ4v) is 2.58. The molecule has 19 heavy (non-hydrogen) atoms. The fourth-order valence-electron chi connectivity index (χ4n) is 2.58. The minimum absolute atomic E-state index is 0.0284. The van der Waals surface area contributed by atoms with Crippen LogP contribution < -0.4 is 10.6 Å². The number of anilines is 1. The Morgan fingerprint density at radius 2 is 2.32 bits per heavy atom. The molecule has 4 heteroatoms. The van der Waals surface area contributed by atoms with Gasteiger partial charge < -0.3 is 15.5 Å². The Labute approximate surface area is 114 Å². The number of carbonyl (C=O) groups excluding carboxylic acids is 1. The van der Waals surface area contributed by atoms with E-state index in [-0.39, 0.29) is 5.91 Å². The normalized spacial score (nSPS) is 17.2. The molecular formula is C15H21N3O. The van der Waals surface area contributed by atoms with Crippen molar-refractivity contribution in [3.8, 4) is 0 Å². The molecule has 0 radical (unpaired) electrons. The Balaban J connectivity index is 1.52. The predicted octanol–water partition coefficient (Wildman–Crippen LogP) is 1.48. The van der Waals surface area contributed by atoms with Crippen LogP contribution in [0.1, 0.15) is 28.8 Å². The lowest BCUT2D eigenvalue weighted by molar-refractivity contribution is 0.0949. The zero-order valence-electron chi connectivity index (χ0n) is 11.4. The van der Waals surface area contributed by atoms with E-state index in [1.54, 1.807) is 0 Å². The highest BCUT2D eigenvalue weighted by Gasteiger charge is 2.25. The molecule has 0 aromatic heterocycles. The summed E-state index contributed by atoms with van der Waals surface area (Å²) < 4.78 is 0. The highest BCUT2D eigenvalue weighted by molar-refractivity contribution is 5.95. The summed E-state index contributed by atoms with van der Waals surface area (Å²) in [6, 6.07) is 6.69. The van der Waals surface area contributed by atoms with Gasteiger partial charge in [-0.1, -0.05) is 6.07 Å². The molecular weight excluding hydrogens is 238 g/mol. The summed E-state index contributed by atoms with van der Waals surface area (Å²) in [5, 5.41) is 6.30. The molecule has 0 spiro atoms. The zero-order chi connectivity index (χ0) is 13.2. The van der Waals surface area contributed by atoms with Gasteiger partial charge in [0.05, 0.1) is 0 Å². The van der Waals surface area contributed by atoms with Crippen molar-refractivity contribution in [2.45, 2.75) is 25.3 Å². The lowest BCUT2D eigenvalue weighted by atomic mass is 10.1. The molecule has 1 amide bonds. The Hall–Kier alpha value is -1.55. The van der Waals surface area contributed by atoms with E-state index < -0.39 is 0 Å². The molecule has 1 aromatic rings. The van der Waals surface area contributed by atoms with Crippen LogP contribution in [0.2, 0.25) is 0 Å². The fraction of sp³-hybridized carbons (Fsp3) is 0.533. The third-order valence-corrected chi connectivity index (χ3v) is 4.00. The van der Waals surface area contributed by atoms with Gasteiger partial charge in [0.15, 0.2) is 0 Å². The zero-order valence-corrected chi connectivity index (χ0v) is 11.4. The quantitative estimate of drug-likeness (QED) is 0.842. The van der Waals surface area contributed by atoms with Crippen LogP contribution in [-0.4, -0.2) is 43.5 Å². The lowest BCUT2D eigenvalue weighted by Crippen LogP contribution is -2.33. The molecule has 0 bridgehead atoms. The molecule has 2 aliphatic rings. The summed E-state index contributed by atoms with van der Waals surface area (Å²) in [7, 11) is 2.13. The molecule has 1 fully saturated rings. The number of amides is 1. The Morgan fingerprint density at radius 1 is 1.47 bits per heavy atom. The van der Waals surface area contributed by atoms with Gasteiger partial charge in [-0.25, -0.2) is 0 Å². The van der Waals surface area contributed by atoms with Crippen molar-refractivity contribution in [3.05, 3.63) is 29.3 Å². The minimum atomic E-state index is 0.0284. The van der Waals surface area contributed by atoms with Gasteiger partial charge in [0.2, 0.25) is 0 Å². The van der Waals surface area contributed by atoms with Crippen molar-refractivity contribution in [1.82, 2.24) is 10.2 Å². The second-order valence-electron chi connectivity index (χ2n) is 5.52. The smallest absolute Gasteiger partial charge is 0.251 e. The van der Waals surface area contributed by atoms with E-state index in [4.69, 9.17) is 0 Å². The second-order valence-corrected chi connectivity index (χ2v) is 5.52. The van der Waals surface area contributed by atoms with Crippen molar-refractivity contribution in [2.75, 3.05) is 32.0 Å². The highest BCUT2D eigenvalue weighted by atomic mass is 16.1. The number of hydrogen-bond acceptors (Lipinski definition) is 3. The number of nitrogens with zero attached hydrogens (tertiary/aromatic N) is 1. The van der Waals surface area contributed by atoms with Gasteiger partial charge in [0.25, 0.3) is 5.91 Å². The molecule has 0 saturated heterocycles. The number of likely N-dealkylation sites (N-methyl/N-ethyl adjacent to an activating group) is 1. The van der Waals surface area contributed by atoms with Gasteiger partial charge >= 0.3 is 0 Å². The number of benzene rings is 1. The van der Waals surface area contributed by atoms with E-state index in [2.05, 4.69) is 28.6 Å². The van der Waals surface area contributed by atoms with E-state index in [1.807, 2.05) is 12.1 Å². The first-order valence-electron chi connectivity index (χ1n) is 7.09. The van der Waals surface area contributed by atoms with Gasteiger partial charge in [-0.05, 0) is 44.0 Å². The average Bonchev–Trinajstić information content (AvgIpc) is 3.16. The van der Waals surface area contributed by atoms with Crippen LogP contribution >= 0.6 is 0 Å². The monoisotopic (exact) mass is 259 g/mol. The van der Waals surface area contributed by atoms with E-state index in [9.17, 15) is 4.79 Å². The third kappa shape index (κ3) is 2.89. The number of fused-ring (bicyclic) bond motifs is 1. The number of carbonyl (C=O) groups is 1. The molecule has 1 aliphatic carbocycles. The largest absolute Gasteiger partial charge is 0.384 e. The molecule has 0 unspecified atom stereocenters. The van der Waals surface area contributed by atoms with E-state index in [0.29, 0.717) is 0 Å². The highest BCUT2D eigenvalue weighted by Crippen LogP contribution is 2.25. The maximum Gasteiger partial charge on any atom is 0.251 e. The maximum absolute atomic E-state index is 12.1. The van der Waals surface area contributed by atoms with E-state index >= 15 is 0 Å². The minimum Gasteiger partial charge on any atom is -0.384 e. The van der Waals surface area contributed by atoms with Crippen LogP contribution in [0.25, 0.3) is 0 Å². The van der Waals surface area contributed by atoms with Crippen LogP contribution in [-0.2, 0) is 6.42 Å². The molecule has 2 N–H and O–H groups in total. The van der Waals surface area contributed by atoms with E-state index in [1.165, 1.54) is 18.4 Å². The van der Waals surface area contributed by atoms with Crippen molar-refractivity contribution < 1.29 is 4.79 Å². The topological polar surface area (TPSA) is 44.4 Å². The van der Waals surface area contributed by atoms with Crippen LogP contribution in [0.4, 0.5) is 5.69 Å². The Kier molecular flexibility index (Phi) is 3.42. The SMILES string of the molecule is CN(CCNC(=O)c1ccc2c(c1)NCC2)C1CC1. The van der Waals surface area contributed by atoms with Crippen LogP contribution in [0, 0.1) is 0 Å². The van der Waals surface area contributed by atoms with Crippen molar-refractivity contribution in [1.29, 1.82) is 0 Å². The molecule has 4 nitrogen and oxygen atoms in total. The van der Waals surface area contributed by atoms with Crippen molar-refractivity contribution in [2.24, 2.45) is 0 Å². The number of hydrogen-bond donors (Lipinski definition) is 2. The summed E-state index contributed by atoms with van der Waals surface area (Å²) in [5.41, 5.74) is 3.18. The number of rotatable bonds is 5. The molecule has 0 atom stereocenters. The lowest BCUT2D eigenvalue weighted by Gasteiger charge is -2.15. The standard InChI is InChI=1S/C15H21N3O/c1-18(13-4-5-13)9-8-17-15(19)12-3-2-11-6-7-16-14(11)10-12/h2-3,10,13,16H,4-9H2,1H3,(H,17,19). The van der Waals surface area contributed by atoms with Crippen molar-refractivity contribution in [3.63, 3.8) is 0 Å². The first-order chi connectivity index (χ1) is 9.24. The molecule has 1 heterocycles. The summed E-state index contributed by atoms with van der Waals surface area (Å²) in [6.45, 7) is 2.63. The summed E-state index contributed by atoms with van der Waals surface area (Å²) >= 11 is 0.